The Labute approximate surface area is 81.8 Å². The summed E-state index contributed by atoms with van der Waals surface area (Å²) in [6, 6.07) is 6.11. The summed E-state index contributed by atoms with van der Waals surface area (Å²) in [5, 5.41) is 0. The van der Waals surface area contributed by atoms with Gasteiger partial charge in [0.05, 0.1) is 0 Å². The molecule has 0 aromatic heterocycles. The summed E-state index contributed by atoms with van der Waals surface area (Å²) >= 11 is 0. The Balaban J connectivity index is 2.17. The van der Waals surface area contributed by atoms with Crippen LogP contribution in [0.2, 0.25) is 0 Å². The molecule has 0 radical (unpaired) electrons. The smallest absolute Gasteiger partial charge is 0.207 e. The first kappa shape index (κ1) is 9.71. The van der Waals surface area contributed by atoms with Crippen LogP contribution < -0.4 is 0 Å². The molecular weight excluding hydrogens is 206 g/mol. The molecular formula is C9H9FO3P+. The van der Waals surface area contributed by atoms with Gasteiger partial charge in [0.15, 0.2) is 0 Å². The topological polar surface area (TPSA) is 35.5 Å². The molecule has 1 aromatic rings. The summed E-state index contributed by atoms with van der Waals surface area (Å²) in [6.45, 7) is 0.385. The van der Waals surface area contributed by atoms with Crippen LogP contribution in [0.1, 0.15) is 18.1 Å². The molecule has 0 amide bonds. The average Bonchev–Trinajstić information content (AvgIpc) is 2.18. The number of hydrogen-bond donors (Lipinski definition) is 0. The van der Waals surface area contributed by atoms with E-state index in [1.54, 1.807) is 12.1 Å². The third-order valence-corrected chi connectivity index (χ3v) is 2.83. The zero-order valence-electron chi connectivity index (χ0n) is 7.35. The molecule has 2 rings (SSSR count). The van der Waals surface area contributed by atoms with Crippen LogP contribution >= 0.6 is 8.25 Å². The van der Waals surface area contributed by atoms with Crippen LogP contribution in [0.3, 0.4) is 0 Å². The molecule has 3 nitrogen and oxygen atoms in total. The van der Waals surface area contributed by atoms with Crippen molar-refractivity contribution >= 4 is 8.25 Å². The van der Waals surface area contributed by atoms with Gasteiger partial charge in [-0.15, -0.1) is 9.05 Å². The molecule has 1 aliphatic rings. The van der Waals surface area contributed by atoms with Gasteiger partial charge in [0, 0.05) is 11.0 Å². The van der Waals surface area contributed by atoms with E-state index in [0.717, 1.165) is 0 Å². The monoisotopic (exact) mass is 215 g/mol. The average molecular weight is 215 g/mol. The summed E-state index contributed by atoms with van der Waals surface area (Å²) in [7, 11) is -2.04. The lowest BCUT2D eigenvalue weighted by atomic mass is 10.1. The van der Waals surface area contributed by atoms with Crippen molar-refractivity contribution in [3.05, 3.63) is 35.6 Å². The first-order valence-corrected chi connectivity index (χ1v) is 5.37. The first-order chi connectivity index (χ1) is 6.75. The molecule has 0 saturated carbocycles. The van der Waals surface area contributed by atoms with Gasteiger partial charge in [-0.05, 0) is 17.7 Å². The lowest BCUT2D eigenvalue weighted by Gasteiger charge is -2.12. The van der Waals surface area contributed by atoms with Crippen molar-refractivity contribution in [3.63, 3.8) is 0 Å². The lowest BCUT2D eigenvalue weighted by molar-refractivity contribution is 0.0966. The summed E-state index contributed by atoms with van der Waals surface area (Å²) in [6.07, 6.45) is 0.285. The van der Waals surface area contributed by atoms with E-state index in [1.807, 2.05) is 0 Å². The molecule has 2 atom stereocenters. The number of hydrogen-bond acceptors (Lipinski definition) is 3. The van der Waals surface area contributed by atoms with Gasteiger partial charge in [-0.25, -0.2) is 4.39 Å². The fourth-order valence-electron chi connectivity index (χ4n) is 1.36. The molecule has 74 valence electrons. The second kappa shape index (κ2) is 4.13. The Hall–Kier alpha value is -0.830. The van der Waals surface area contributed by atoms with Gasteiger partial charge in [0.1, 0.15) is 18.5 Å². The molecule has 5 heteroatoms. The molecule has 0 spiro atoms. The van der Waals surface area contributed by atoms with Gasteiger partial charge in [-0.1, -0.05) is 12.1 Å². The number of halogens is 1. The summed E-state index contributed by atoms with van der Waals surface area (Å²) < 4.78 is 33.6. The standard InChI is InChI=1S/C9H9FO3P/c10-8-3-1-2-7(6-8)9-4-5-12-14(11)13-9/h1-3,6,9H,4-5H2/q+1/t9-/m0/s1. The van der Waals surface area contributed by atoms with Crippen molar-refractivity contribution in [1.82, 2.24) is 0 Å². The van der Waals surface area contributed by atoms with E-state index in [4.69, 9.17) is 9.05 Å². The van der Waals surface area contributed by atoms with E-state index >= 15 is 0 Å². The van der Waals surface area contributed by atoms with Gasteiger partial charge in [-0.2, -0.15) is 0 Å². The van der Waals surface area contributed by atoms with Gasteiger partial charge in [-0.3, -0.25) is 0 Å². The maximum atomic E-state index is 12.9. The molecule has 14 heavy (non-hydrogen) atoms. The molecule has 1 aromatic carbocycles. The minimum atomic E-state index is -2.04. The van der Waals surface area contributed by atoms with E-state index in [1.165, 1.54) is 12.1 Å². The van der Waals surface area contributed by atoms with Gasteiger partial charge < -0.3 is 0 Å². The predicted octanol–water partition coefficient (Wildman–Crippen LogP) is 2.96. The van der Waals surface area contributed by atoms with Gasteiger partial charge in [0.25, 0.3) is 0 Å². The Morgan fingerprint density at radius 3 is 3.07 bits per heavy atom. The maximum absolute atomic E-state index is 12.9. The van der Waals surface area contributed by atoms with Crippen molar-refractivity contribution < 1.29 is 18.0 Å². The SMILES string of the molecule is O=[P+]1OCC[C@@H](c2cccc(F)c2)O1. The van der Waals surface area contributed by atoms with Gasteiger partial charge in [0.2, 0.25) is 0 Å². The number of rotatable bonds is 1. The normalized spacial score (nSPS) is 24.9. The Morgan fingerprint density at radius 2 is 2.36 bits per heavy atom. The van der Waals surface area contributed by atoms with E-state index < -0.39 is 8.25 Å². The lowest BCUT2D eigenvalue weighted by Crippen LogP contribution is -2.09. The van der Waals surface area contributed by atoms with Gasteiger partial charge >= 0.3 is 8.25 Å². The van der Waals surface area contributed by atoms with E-state index in [0.29, 0.717) is 18.6 Å². The minimum Gasteiger partial charge on any atom is -0.207 e. The van der Waals surface area contributed by atoms with Crippen LogP contribution in [0.25, 0.3) is 0 Å². The summed E-state index contributed by atoms with van der Waals surface area (Å²) in [5.74, 6) is -0.312. The fraction of sp³-hybridized carbons (Fsp3) is 0.333. The third-order valence-electron chi connectivity index (χ3n) is 2.01. The third kappa shape index (κ3) is 2.15. The van der Waals surface area contributed by atoms with Crippen molar-refractivity contribution in [1.29, 1.82) is 0 Å². The molecule has 1 unspecified atom stereocenters. The van der Waals surface area contributed by atoms with E-state index in [2.05, 4.69) is 0 Å². The Bertz CT molecular complexity index is 356. The first-order valence-electron chi connectivity index (χ1n) is 4.28. The van der Waals surface area contributed by atoms with Crippen molar-refractivity contribution in [2.75, 3.05) is 6.61 Å². The fourth-order valence-corrected chi connectivity index (χ4v) is 2.11. The van der Waals surface area contributed by atoms with Crippen LogP contribution in [0.5, 0.6) is 0 Å². The van der Waals surface area contributed by atoms with E-state index in [9.17, 15) is 8.96 Å². The summed E-state index contributed by atoms with van der Waals surface area (Å²) in [5.41, 5.74) is 0.705. The van der Waals surface area contributed by atoms with Crippen LogP contribution in [-0.2, 0) is 13.6 Å². The quantitative estimate of drug-likeness (QED) is 0.675. The summed E-state index contributed by atoms with van der Waals surface area (Å²) in [4.78, 5) is 0. The van der Waals surface area contributed by atoms with Crippen molar-refractivity contribution in [3.8, 4) is 0 Å². The second-order valence-corrected chi connectivity index (χ2v) is 3.91. The molecule has 1 aliphatic heterocycles. The maximum Gasteiger partial charge on any atom is 0.698 e. The molecule has 1 fully saturated rings. The zero-order valence-corrected chi connectivity index (χ0v) is 8.25. The van der Waals surface area contributed by atoms with Crippen LogP contribution in [-0.4, -0.2) is 6.61 Å². The van der Waals surface area contributed by atoms with E-state index in [-0.39, 0.29) is 11.9 Å². The Kier molecular flexibility index (Phi) is 2.87. The molecule has 0 bridgehead atoms. The highest BCUT2D eigenvalue weighted by Gasteiger charge is 2.34. The zero-order chi connectivity index (χ0) is 9.97. The molecule has 0 N–H and O–H groups in total. The molecule has 1 heterocycles. The van der Waals surface area contributed by atoms with Crippen LogP contribution in [0, 0.1) is 5.82 Å². The highest BCUT2D eigenvalue weighted by atomic mass is 31.1. The largest absolute Gasteiger partial charge is 0.698 e. The van der Waals surface area contributed by atoms with Crippen molar-refractivity contribution in [2.24, 2.45) is 0 Å². The van der Waals surface area contributed by atoms with Crippen LogP contribution in [0.15, 0.2) is 24.3 Å². The van der Waals surface area contributed by atoms with Crippen LogP contribution in [0.4, 0.5) is 4.39 Å². The minimum absolute atomic E-state index is 0.312. The Morgan fingerprint density at radius 1 is 1.50 bits per heavy atom. The predicted molar refractivity (Wildman–Crippen MR) is 48.4 cm³/mol. The molecule has 1 saturated heterocycles. The number of benzene rings is 1. The second-order valence-electron chi connectivity index (χ2n) is 2.99. The highest BCUT2D eigenvalue weighted by Crippen LogP contribution is 2.39. The van der Waals surface area contributed by atoms with Crippen molar-refractivity contribution in [2.45, 2.75) is 12.5 Å². The highest BCUT2D eigenvalue weighted by molar-refractivity contribution is 7.33. The molecule has 0 aliphatic carbocycles.